The molecule has 7 heteroatoms. The minimum atomic E-state index is -0.619. The van der Waals surface area contributed by atoms with Crippen LogP contribution < -0.4 is 0 Å². The summed E-state index contributed by atoms with van der Waals surface area (Å²) in [5.41, 5.74) is 0.955. The van der Waals surface area contributed by atoms with Gasteiger partial charge in [0.25, 0.3) is 0 Å². The predicted molar refractivity (Wildman–Crippen MR) is 60.1 cm³/mol. The van der Waals surface area contributed by atoms with E-state index in [1.54, 1.807) is 6.92 Å². The van der Waals surface area contributed by atoms with E-state index in [9.17, 15) is 4.79 Å². The Labute approximate surface area is 96.8 Å². The Kier molecular flexibility index (Phi) is 4.59. The van der Waals surface area contributed by atoms with E-state index < -0.39 is 5.97 Å². The van der Waals surface area contributed by atoms with Crippen LogP contribution in [0.5, 0.6) is 0 Å². The van der Waals surface area contributed by atoms with E-state index in [4.69, 9.17) is 0 Å². The highest BCUT2D eigenvalue weighted by molar-refractivity contribution is 7.98. The zero-order valence-electron chi connectivity index (χ0n) is 8.88. The summed E-state index contributed by atoms with van der Waals surface area (Å²) >= 11 is 1.37. The van der Waals surface area contributed by atoms with Gasteiger partial charge >= 0.3 is 5.97 Å². The molecule has 1 aromatic rings. The predicted octanol–water partition coefficient (Wildman–Crippen LogP) is 1.05. The van der Waals surface area contributed by atoms with Crippen molar-refractivity contribution in [2.75, 3.05) is 6.26 Å². The maximum absolute atomic E-state index is 10.8. The molecule has 0 aliphatic heterocycles. The number of rotatable bonds is 4. The van der Waals surface area contributed by atoms with Gasteiger partial charge in [0.15, 0.2) is 0 Å². The molecule has 0 bridgehead atoms. The number of hydrogen-bond acceptors (Lipinski definition) is 7. The molecule has 0 amide bonds. The van der Waals surface area contributed by atoms with Crippen LogP contribution in [0.4, 0.5) is 0 Å². The third kappa shape index (κ3) is 3.43. The van der Waals surface area contributed by atoms with E-state index in [0.29, 0.717) is 16.6 Å². The number of hydrogen-bond donors (Lipinski definition) is 0. The lowest BCUT2D eigenvalue weighted by molar-refractivity contribution is -0.137. The van der Waals surface area contributed by atoms with Gasteiger partial charge in [0.05, 0.1) is 6.20 Å². The van der Waals surface area contributed by atoms with E-state index in [2.05, 4.69) is 31.8 Å². The van der Waals surface area contributed by atoms with Crippen molar-refractivity contribution in [1.29, 1.82) is 0 Å². The summed E-state index contributed by atoms with van der Waals surface area (Å²) in [7, 11) is 0. The topological polar surface area (TPSA) is 77.3 Å². The Balaban J connectivity index is 2.82. The van der Waals surface area contributed by atoms with Gasteiger partial charge in [0, 0.05) is 6.08 Å². The molecule has 6 nitrogen and oxygen atoms in total. The van der Waals surface area contributed by atoms with Crippen molar-refractivity contribution in [3.63, 3.8) is 0 Å². The Hall–Kier alpha value is -1.76. The molecule has 0 unspecified atom stereocenters. The van der Waals surface area contributed by atoms with Gasteiger partial charge in [-0.1, -0.05) is 23.5 Å². The molecular formula is C9H10N4O2S. The molecule has 1 heterocycles. The number of oxime groups is 1. The summed E-state index contributed by atoms with van der Waals surface area (Å²) in [6.07, 6.45) is 4.31. The van der Waals surface area contributed by atoms with Crippen LogP contribution in [0.1, 0.15) is 12.6 Å². The molecule has 0 aromatic carbocycles. The molecule has 0 saturated heterocycles. The van der Waals surface area contributed by atoms with Gasteiger partial charge < -0.3 is 4.84 Å². The first-order valence-electron chi connectivity index (χ1n) is 4.29. The molecule has 1 rings (SSSR count). The quantitative estimate of drug-likeness (QED) is 0.256. The average molecular weight is 238 g/mol. The molecule has 1 aromatic heterocycles. The van der Waals surface area contributed by atoms with E-state index in [1.165, 1.54) is 18.0 Å². The van der Waals surface area contributed by atoms with Crippen molar-refractivity contribution in [3.8, 4) is 0 Å². The Morgan fingerprint density at radius 1 is 1.69 bits per heavy atom. The molecular weight excluding hydrogens is 228 g/mol. The fourth-order valence-electron chi connectivity index (χ4n) is 0.745. The number of carbonyl (C=O) groups is 1. The normalized spacial score (nSPS) is 11.0. The van der Waals surface area contributed by atoms with Crippen molar-refractivity contribution in [3.05, 3.63) is 24.5 Å². The summed E-state index contributed by atoms with van der Waals surface area (Å²) < 4.78 is 0. The maximum atomic E-state index is 10.8. The highest BCUT2D eigenvalue weighted by Gasteiger charge is 2.04. The van der Waals surface area contributed by atoms with Crippen LogP contribution in [0.25, 0.3) is 0 Å². The second-order valence-electron chi connectivity index (χ2n) is 2.62. The average Bonchev–Trinajstić information content (AvgIpc) is 2.35. The van der Waals surface area contributed by atoms with Crippen LogP contribution in [0.15, 0.2) is 29.2 Å². The number of aromatic nitrogens is 3. The smallest absolute Gasteiger partial charge is 0.313 e. The fraction of sp³-hybridized carbons (Fsp3) is 0.222. The van der Waals surface area contributed by atoms with Crippen LogP contribution in [0, 0.1) is 0 Å². The van der Waals surface area contributed by atoms with Crippen molar-refractivity contribution in [2.45, 2.75) is 12.1 Å². The molecule has 0 atom stereocenters. The first kappa shape index (κ1) is 12.3. The van der Waals surface area contributed by atoms with Crippen molar-refractivity contribution in [2.24, 2.45) is 5.16 Å². The summed E-state index contributed by atoms with van der Waals surface area (Å²) in [4.78, 5) is 19.4. The first-order chi connectivity index (χ1) is 7.67. The van der Waals surface area contributed by atoms with Crippen molar-refractivity contribution < 1.29 is 9.63 Å². The van der Waals surface area contributed by atoms with Gasteiger partial charge in [-0.05, 0) is 13.2 Å². The SMILES string of the molecule is C=CC(=O)ON=C(C)c1cnnc(SC)n1. The summed E-state index contributed by atoms with van der Waals surface area (Å²) in [5.74, 6) is -0.619. The van der Waals surface area contributed by atoms with E-state index in [1.807, 2.05) is 6.26 Å². The Bertz CT molecular complexity index is 433. The second kappa shape index (κ2) is 5.96. The van der Waals surface area contributed by atoms with Gasteiger partial charge in [-0.2, -0.15) is 5.10 Å². The van der Waals surface area contributed by atoms with Crippen molar-refractivity contribution in [1.82, 2.24) is 15.2 Å². The highest BCUT2D eigenvalue weighted by atomic mass is 32.2. The minimum absolute atomic E-state index is 0.445. The summed E-state index contributed by atoms with van der Waals surface area (Å²) in [6, 6.07) is 0. The lowest BCUT2D eigenvalue weighted by Gasteiger charge is -1.99. The largest absolute Gasteiger partial charge is 0.358 e. The lowest BCUT2D eigenvalue weighted by Crippen LogP contribution is -2.05. The molecule has 0 aliphatic rings. The molecule has 0 radical (unpaired) electrons. The molecule has 16 heavy (non-hydrogen) atoms. The third-order valence-electron chi connectivity index (χ3n) is 1.53. The monoisotopic (exact) mass is 238 g/mol. The van der Waals surface area contributed by atoms with Crippen LogP contribution in [0.3, 0.4) is 0 Å². The van der Waals surface area contributed by atoms with E-state index in [0.717, 1.165) is 6.08 Å². The van der Waals surface area contributed by atoms with Crippen LogP contribution in [-0.4, -0.2) is 33.1 Å². The maximum Gasteiger partial charge on any atom is 0.358 e. The highest BCUT2D eigenvalue weighted by Crippen LogP contribution is 2.06. The van der Waals surface area contributed by atoms with Gasteiger partial charge in [0.2, 0.25) is 5.16 Å². The number of nitrogens with zero attached hydrogens (tertiary/aromatic N) is 4. The Morgan fingerprint density at radius 3 is 3.06 bits per heavy atom. The summed E-state index contributed by atoms with van der Waals surface area (Å²) in [6.45, 7) is 4.91. The second-order valence-corrected chi connectivity index (χ2v) is 3.39. The van der Waals surface area contributed by atoms with Crippen LogP contribution in [0.2, 0.25) is 0 Å². The van der Waals surface area contributed by atoms with E-state index >= 15 is 0 Å². The van der Waals surface area contributed by atoms with Crippen molar-refractivity contribution >= 4 is 23.4 Å². The van der Waals surface area contributed by atoms with Crippen LogP contribution >= 0.6 is 11.8 Å². The van der Waals surface area contributed by atoms with Gasteiger partial charge in [-0.15, -0.1) is 5.10 Å². The fourth-order valence-corrected chi connectivity index (χ4v) is 1.06. The molecule has 84 valence electrons. The van der Waals surface area contributed by atoms with Gasteiger partial charge in [-0.3, -0.25) is 0 Å². The summed E-state index contributed by atoms with van der Waals surface area (Å²) in [5, 5.41) is 11.7. The van der Waals surface area contributed by atoms with Gasteiger partial charge in [0.1, 0.15) is 11.4 Å². The van der Waals surface area contributed by atoms with E-state index in [-0.39, 0.29) is 0 Å². The molecule has 0 aliphatic carbocycles. The third-order valence-corrected chi connectivity index (χ3v) is 2.07. The van der Waals surface area contributed by atoms with Gasteiger partial charge in [-0.25, -0.2) is 9.78 Å². The zero-order chi connectivity index (χ0) is 12.0. The minimum Gasteiger partial charge on any atom is -0.313 e. The zero-order valence-corrected chi connectivity index (χ0v) is 9.69. The number of carbonyl (C=O) groups excluding carboxylic acids is 1. The standard InChI is InChI=1S/C9H10N4O2S/c1-4-8(14)15-13-6(2)7-5-10-12-9(11-7)16-3/h4-5H,1H2,2-3H3. The first-order valence-corrected chi connectivity index (χ1v) is 5.52. The Morgan fingerprint density at radius 2 is 2.44 bits per heavy atom. The lowest BCUT2D eigenvalue weighted by atomic mass is 10.3. The molecule has 0 saturated carbocycles. The van der Waals surface area contributed by atoms with Crippen LogP contribution in [-0.2, 0) is 9.63 Å². The molecule has 0 fully saturated rings. The molecule has 0 spiro atoms. The molecule has 0 N–H and O–H groups in total. The number of thioether (sulfide) groups is 1.